The van der Waals surface area contributed by atoms with Gasteiger partial charge in [-0.05, 0) is 87.7 Å². The van der Waals surface area contributed by atoms with Gasteiger partial charge < -0.3 is 33.5 Å². The fourth-order valence-corrected chi connectivity index (χ4v) is 5.05. The molecule has 1 fully saturated rings. The van der Waals surface area contributed by atoms with Crippen LogP contribution in [0.4, 0.5) is 10.5 Å². The number of aromatic nitrogens is 1. The normalized spacial score (nSPS) is 13.9. The van der Waals surface area contributed by atoms with E-state index in [1.807, 2.05) is 62.2 Å². The van der Waals surface area contributed by atoms with E-state index in [1.165, 1.54) is 0 Å². The van der Waals surface area contributed by atoms with E-state index in [-0.39, 0.29) is 12.1 Å². The lowest BCUT2D eigenvalue weighted by Crippen LogP contribution is -2.48. The molecule has 0 radical (unpaired) electrons. The first-order valence-electron chi connectivity index (χ1n) is 13.8. The standard InChI is InChI=1S/C32H41N3O6/c1-32(2,3)41-31(36)34-16-13-25(14-17-34)35(24-8-10-26(37-4)11-9-24)21-22-12-15-33-27(18-22)23-19-28(38-5)30(40-7)29(20-23)39-6/h8-12,15,18-20,25H,13-14,16-17,21H2,1-7H3. The molecule has 9 nitrogen and oxygen atoms in total. The Morgan fingerprint density at radius 1 is 0.902 bits per heavy atom. The maximum Gasteiger partial charge on any atom is 0.410 e. The highest BCUT2D eigenvalue weighted by atomic mass is 16.6. The summed E-state index contributed by atoms with van der Waals surface area (Å²) in [5.41, 5.74) is 3.35. The average Bonchev–Trinajstić information content (AvgIpc) is 2.98. The number of benzene rings is 2. The number of hydrogen-bond acceptors (Lipinski definition) is 8. The molecule has 1 saturated heterocycles. The largest absolute Gasteiger partial charge is 0.497 e. The number of methoxy groups -OCH3 is 4. The molecule has 0 saturated carbocycles. The van der Waals surface area contributed by atoms with Crippen LogP contribution in [0, 0.1) is 0 Å². The van der Waals surface area contributed by atoms with Crippen molar-refractivity contribution in [2.24, 2.45) is 0 Å². The first-order valence-corrected chi connectivity index (χ1v) is 13.8. The van der Waals surface area contributed by atoms with Crippen LogP contribution in [0.25, 0.3) is 11.3 Å². The second kappa shape index (κ2) is 13.0. The number of piperidine rings is 1. The highest BCUT2D eigenvalue weighted by Crippen LogP contribution is 2.41. The minimum Gasteiger partial charge on any atom is -0.497 e. The van der Waals surface area contributed by atoms with Crippen molar-refractivity contribution in [3.63, 3.8) is 0 Å². The highest BCUT2D eigenvalue weighted by Gasteiger charge is 2.30. The van der Waals surface area contributed by atoms with Crippen molar-refractivity contribution in [2.45, 2.75) is 51.8 Å². The summed E-state index contributed by atoms with van der Waals surface area (Å²) in [6.45, 7) is 7.63. The highest BCUT2D eigenvalue weighted by molar-refractivity contribution is 5.69. The first-order chi connectivity index (χ1) is 19.6. The molecule has 0 unspecified atom stereocenters. The summed E-state index contributed by atoms with van der Waals surface area (Å²) in [5.74, 6) is 2.50. The number of carbonyl (C=O) groups excluding carboxylic acids is 1. The molecule has 0 atom stereocenters. The molecule has 1 aliphatic rings. The van der Waals surface area contributed by atoms with Crippen molar-refractivity contribution in [2.75, 3.05) is 46.4 Å². The Morgan fingerprint density at radius 3 is 2.07 bits per heavy atom. The smallest absolute Gasteiger partial charge is 0.410 e. The molecule has 3 aromatic rings. The predicted octanol–water partition coefficient (Wildman–Crippen LogP) is 6.19. The molecule has 2 heterocycles. The molecular formula is C32H41N3O6. The predicted molar refractivity (Wildman–Crippen MR) is 159 cm³/mol. The number of rotatable bonds is 9. The lowest BCUT2D eigenvalue weighted by Gasteiger charge is -2.40. The van der Waals surface area contributed by atoms with Gasteiger partial charge in [-0.15, -0.1) is 0 Å². The molecule has 1 aliphatic heterocycles. The van der Waals surface area contributed by atoms with Crippen LogP contribution in [0.1, 0.15) is 39.2 Å². The van der Waals surface area contributed by atoms with Crippen molar-refractivity contribution in [3.05, 3.63) is 60.3 Å². The zero-order chi connectivity index (χ0) is 29.6. The lowest BCUT2D eigenvalue weighted by molar-refractivity contribution is 0.0204. The molecule has 9 heteroatoms. The van der Waals surface area contributed by atoms with Crippen LogP contribution in [0.15, 0.2) is 54.7 Å². The second-order valence-corrected chi connectivity index (χ2v) is 11.0. The number of anilines is 1. The minimum atomic E-state index is -0.514. The van der Waals surface area contributed by atoms with Crippen LogP contribution in [0.3, 0.4) is 0 Å². The first kappa shape index (κ1) is 29.8. The minimum absolute atomic E-state index is 0.236. The van der Waals surface area contributed by atoms with E-state index in [0.29, 0.717) is 36.9 Å². The summed E-state index contributed by atoms with van der Waals surface area (Å²) in [7, 11) is 6.46. The van der Waals surface area contributed by atoms with Crippen LogP contribution >= 0.6 is 0 Å². The van der Waals surface area contributed by atoms with Gasteiger partial charge in [-0.3, -0.25) is 4.98 Å². The number of nitrogens with zero attached hydrogens (tertiary/aromatic N) is 3. The summed E-state index contributed by atoms with van der Waals surface area (Å²) in [6.07, 6.45) is 3.23. The maximum absolute atomic E-state index is 12.7. The fraction of sp³-hybridized carbons (Fsp3) is 0.438. The number of carbonyl (C=O) groups is 1. The molecule has 0 aliphatic carbocycles. The zero-order valence-corrected chi connectivity index (χ0v) is 25.1. The van der Waals surface area contributed by atoms with Gasteiger partial charge in [-0.1, -0.05) is 0 Å². The molecule has 0 spiro atoms. The van der Waals surface area contributed by atoms with Gasteiger partial charge >= 0.3 is 6.09 Å². The van der Waals surface area contributed by atoms with Gasteiger partial charge in [0.1, 0.15) is 11.4 Å². The van der Waals surface area contributed by atoms with Crippen molar-refractivity contribution in [3.8, 4) is 34.3 Å². The molecule has 2 aromatic carbocycles. The summed E-state index contributed by atoms with van der Waals surface area (Å²) >= 11 is 0. The Bertz CT molecular complexity index is 1290. The van der Waals surface area contributed by atoms with E-state index in [1.54, 1.807) is 28.4 Å². The van der Waals surface area contributed by atoms with Crippen LogP contribution < -0.4 is 23.8 Å². The summed E-state index contributed by atoms with van der Waals surface area (Å²) in [4.78, 5) is 21.5. The SMILES string of the molecule is COc1ccc(N(Cc2ccnc(-c3cc(OC)c(OC)c(OC)c3)c2)C2CCN(C(=O)OC(C)(C)C)CC2)cc1. The Kier molecular flexibility index (Phi) is 9.47. The second-order valence-electron chi connectivity index (χ2n) is 11.0. The maximum atomic E-state index is 12.7. The molecule has 0 N–H and O–H groups in total. The van der Waals surface area contributed by atoms with Gasteiger partial charge in [-0.25, -0.2) is 4.79 Å². The third-order valence-electron chi connectivity index (χ3n) is 7.10. The number of amides is 1. The molecule has 1 aromatic heterocycles. The summed E-state index contributed by atoms with van der Waals surface area (Å²) in [6, 6.07) is 16.3. The number of ether oxygens (including phenoxy) is 5. The van der Waals surface area contributed by atoms with Gasteiger partial charge in [0.2, 0.25) is 5.75 Å². The van der Waals surface area contributed by atoms with E-state index in [4.69, 9.17) is 23.7 Å². The van der Waals surface area contributed by atoms with Gasteiger partial charge in [0, 0.05) is 43.1 Å². The molecule has 4 rings (SSSR count). The van der Waals surface area contributed by atoms with Gasteiger partial charge in [0.15, 0.2) is 11.5 Å². The molecule has 1 amide bonds. The lowest BCUT2D eigenvalue weighted by atomic mass is 10.0. The average molecular weight is 564 g/mol. The van der Waals surface area contributed by atoms with E-state index in [2.05, 4.69) is 28.1 Å². The van der Waals surface area contributed by atoms with E-state index < -0.39 is 5.60 Å². The topological polar surface area (TPSA) is 82.6 Å². The van der Waals surface area contributed by atoms with Crippen LogP contribution in [-0.2, 0) is 11.3 Å². The number of pyridine rings is 1. The third kappa shape index (κ3) is 7.34. The molecule has 0 bridgehead atoms. The Hall–Kier alpha value is -4.14. The van der Waals surface area contributed by atoms with Crippen LogP contribution in [0.5, 0.6) is 23.0 Å². The van der Waals surface area contributed by atoms with E-state index >= 15 is 0 Å². The monoisotopic (exact) mass is 563 g/mol. The fourth-order valence-electron chi connectivity index (χ4n) is 5.05. The van der Waals surface area contributed by atoms with Gasteiger partial charge in [-0.2, -0.15) is 0 Å². The quantitative estimate of drug-likeness (QED) is 0.305. The third-order valence-corrected chi connectivity index (χ3v) is 7.10. The zero-order valence-electron chi connectivity index (χ0n) is 25.1. The molecule has 220 valence electrons. The molecular weight excluding hydrogens is 522 g/mol. The Labute approximate surface area is 242 Å². The van der Waals surface area contributed by atoms with Crippen molar-refractivity contribution >= 4 is 11.8 Å². The van der Waals surface area contributed by atoms with Gasteiger partial charge in [0.25, 0.3) is 0 Å². The van der Waals surface area contributed by atoms with Crippen molar-refractivity contribution < 1.29 is 28.5 Å². The van der Waals surface area contributed by atoms with Crippen LogP contribution in [-0.4, -0.2) is 69.1 Å². The number of hydrogen-bond donors (Lipinski definition) is 0. The van der Waals surface area contributed by atoms with E-state index in [0.717, 1.165) is 41.1 Å². The Morgan fingerprint density at radius 2 is 1.54 bits per heavy atom. The van der Waals surface area contributed by atoms with Crippen molar-refractivity contribution in [1.29, 1.82) is 0 Å². The van der Waals surface area contributed by atoms with E-state index in [9.17, 15) is 4.79 Å². The summed E-state index contributed by atoms with van der Waals surface area (Å²) < 4.78 is 27.6. The van der Waals surface area contributed by atoms with Crippen LogP contribution in [0.2, 0.25) is 0 Å². The summed E-state index contributed by atoms with van der Waals surface area (Å²) in [5, 5.41) is 0. The number of likely N-dealkylation sites (tertiary alicyclic amines) is 1. The van der Waals surface area contributed by atoms with Crippen molar-refractivity contribution in [1.82, 2.24) is 9.88 Å². The van der Waals surface area contributed by atoms with Gasteiger partial charge in [0.05, 0.1) is 34.1 Å². The Balaban J connectivity index is 1.60. The molecule has 41 heavy (non-hydrogen) atoms.